The van der Waals surface area contributed by atoms with Crippen LogP contribution in [0.2, 0.25) is 0 Å². The molecule has 0 bridgehead atoms. The van der Waals surface area contributed by atoms with Gasteiger partial charge in [-0.3, -0.25) is 0 Å². The van der Waals surface area contributed by atoms with Gasteiger partial charge in [0.15, 0.2) is 0 Å². The molecule has 0 saturated heterocycles. The smallest absolute Gasteiger partial charge is 0.128 e. The van der Waals surface area contributed by atoms with Crippen molar-refractivity contribution in [3.8, 4) is 17.0 Å². The quantitative estimate of drug-likeness (QED) is 0.895. The van der Waals surface area contributed by atoms with Gasteiger partial charge >= 0.3 is 0 Å². The van der Waals surface area contributed by atoms with Crippen LogP contribution in [0.4, 0.5) is 0 Å². The van der Waals surface area contributed by atoms with Crippen molar-refractivity contribution in [3.63, 3.8) is 0 Å². The third kappa shape index (κ3) is 2.76. The first-order valence-corrected chi connectivity index (χ1v) is 6.34. The number of nitrogens with zero attached hydrogens (tertiary/aromatic N) is 3. The maximum atomic E-state index is 9.43. The molecule has 2 aromatic rings. The van der Waals surface area contributed by atoms with Gasteiger partial charge in [0, 0.05) is 12.1 Å². The Bertz CT molecular complexity index is 549. The second-order valence-corrected chi connectivity index (χ2v) is 4.82. The molecule has 5 nitrogen and oxygen atoms in total. The minimum Gasteiger partial charge on any atom is -0.496 e. The molecule has 0 fully saturated rings. The third-order valence-electron chi connectivity index (χ3n) is 2.85. The predicted octanol–water partition coefficient (Wildman–Crippen LogP) is 2.10. The lowest BCUT2D eigenvalue weighted by Gasteiger charge is -2.12. The zero-order valence-corrected chi connectivity index (χ0v) is 11.5. The molecule has 1 aromatic heterocycles. The lowest BCUT2D eigenvalue weighted by Crippen LogP contribution is -2.08. The SMILES string of the molecule is COc1ccccc1-c1c(CO)nnn1CC(C)C. The summed E-state index contributed by atoms with van der Waals surface area (Å²) >= 11 is 0. The van der Waals surface area contributed by atoms with Gasteiger partial charge in [0.1, 0.15) is 11.4 Å². The molecule has 0 radical (unpaired) electrons. The van der Waals surface area contributed by atoms with E-state index in [1.807, 2.05) is 28.9 Å². The first kappa shape index (κ1) is 13.5. The second kappa shape index (κ2) is 5.84. The molecular formula is C14H19N3O2. The van der Waals surface area contributed by atoms with Crippen LogP contribution < -0.4 is 4.74 Å². The Morgan fingerprint density at radius 3 is 2.68 bits per heavy atom. The van der Waals surface area contributed by atoms with Crippen molar-refractivity contribution in [3.05, 3.63) is 30.0 Å². The first-order valence-electron chi connectivity index (χ1n) is 6.34. The fourth-order valence-corrected chi connectivity index (χ4v) is 2.06. The lowest BCUT2D eigenvalue weighted by atomic mass is 10.1. The highest BCUT2D eigenvalue weighted by atomic mass is 16.5. The van der Waals surface area contributed by atoms with Gasteiger partial charge in [-0.15, -0.1) is 5.10 Å². The summed E-state index contributed by atoms with van der Waals surface area (Å²) in [6.07, 6.45) is 0. The molecule has 5 heteroatoms. The highest BCUT2D eigenvalue weighted by Gasteiger charge is 2.18. The zero-order valence-electron chi connectivity index (χ0n) is 11.5. The fraction of sp³-hybridized carbons (Fsp3) is 0.429. The Kier molecular flexibility index (Phi) is 4.16. The van der Waals surface area contributed by atoms with E-state index in [0.29, 0.717) is 11.6 Å². The summed E-state index contributed by atoms with van der Waals surface area (Å²) in [6, 6.07) is 7.69. The average molecular weight is 261 g/mol. The largest absolute Gasteiger partial charge is 0.496 e. The topological polar surface area (TPSA) is 60.2 Å². The van der Waals surface area contributed by atoms with E-state index in [0.717, 1.165) is 23.6 Å². The summed E-state index contributed by atoms with van der Waals surface area (Å²) in [5.41, 5.74) is 2.30. The van der Waals surface area contributed by atoms with Crippen LogP contribution in [0.1, 0.15) is 19.5 Å². The molecule has 0 amide bonds. The Balaban J connectivity index is 2.55. The lowest BCUT2D eigenvalue weighted by molar-refractivity contribution is 0.277. The number of para-hydroxylation sites is 1. The molecule has 1 aromatic carbocycles. The van der Waals surface area contributed by atoms with Crippen molar-refractivity contribution in [1.29, 1.82) is 0 Å². The van der Waals surface area contributed by atoms with Gasteiger partial charge in [-0.2, -0.15) is 0 Å². The van der Waals surface area contributed by atoms with Crippen molar-refractivity contribution in [1.82, 2.24) is 15.0 Å². The molecular weight excluding hydrogens is 242 g/mol. The van der Waals surface area contributed by atoms with Crippen LogP contribution in [-0.4, -0.2) is 27.2 Å². The molecule has 1 heterocycles. The summed E-state index contributed by atoms with van der Waals surface area (Å²) in [4.78, 5) is 0. The van der Waals surface area contributed by atoms with Gasteiger partial charge < -0.3 is 9.84 Å². The molecule has 2 rings (SSSR count). The maximum absolute atomic E-state index is 9.43. The Morgan fingerprint density at radius 1 is 1.32 bits per heavy atom. The molecule has 0 aliphatic rings. The number of methoxy groups -OCH3 is 1. The van der Waals surface area contributed by atoms with Gasteiger partial charge in [-0.25, -0.2) is 4.68 Å². The van der Waals surface area contributed by atoms with Crippen molar-refractivity contribution in [2.45, 2.75) is 27.0 Å². The van der Waals surface area contributed by atoms with Crippen LogP contribution >= 0.6 is 0 Å². The van der Waals surface area contributed by atoms with Crippen molar-refractivity contribution in [2.75, 3.05) is 7.11 Å². The van der Waals surface area contributed by atoms with E-state index >= 15 is 0 Å². The zero-order chi connectivity index (χ0) is 13.8. The van der Waals surface area contributed by atoms with E-state index in [1.54, 1.807) is 7.11 Å². The standard InChI is InChI=1S/C14H19N3O2/c1-10(2)8-17-14(12(9-18)15-16-17)11-6-4-5-7-13(11)19-3/h4-7,10,18H,8-9H2,1-3H3. The molecule has 0 saturated carbocycles. The van der Waals surface area contributed by atoms with Crippen LogP contribution in [-0.2, 0) is 13.2 Å². The number of hydrogen-bond donors (Lipinski definition) is 1. The van der Waals surface area contributed by atoms with E-state index in [-0.39, 0.29) is 6.61 Å². The van der Waals surface area contributed by atoms with E-state index in [4.69, 9.17) is 4.74 Å². The Labute approximate surface area is 112 Å². The number of aliphatic hydroxyl groups excluding tert-OH is 1. The summed E-state index contributed by atoms with van der Waals surface area (Å²) in [7, 11) is 1.63. The predicted molar refractivity (Wildman–Crippen MR) is 72.8 cm³/mol. The van der Waals surface area contributed by atoms with E-state index in [2.05, 4.69) is 24.2 Å². The summed E-state index contributed by atoms with van der Waals surface area (Å²) in [6.45, 7) is 4.85. The normalized spacial score (nSPS) is 11.0. The molecule has 0 aliphatic carbocycles. The second-order valence-electron chi connectivity index (χ2n) is 4.82. The Morgan fingerprint density at radius 2 is 2.05 bits per heavy atom. The highest BCUT2D eigenvalue weighted by molar-refractivity contribution is 5.69. The molecule has 0 atom stereocenters. The van der Waals surface area contributed by atoms with E-state index in [1.165, 1.54) is 0 Å². The highest BCUT2D eigenvalue weighted by Crippen LogP contribution is 2.31. The molecule has 19 heavy (non-hydrogen) atoms. The summed E-state index contributed by atoms with van der Waals surface area (Å²) in [5, 5.41) is 17.6. The summed E-state index contributed by atoms with van der Waals surface area (Å²) in [5.74, 6) is 1.20. The number of hydrogen-bond acceptors (Lipinski definition) is 4. The maximum Gasteiger partial charge on any atom is 0.128 e. The number of aliphatic hydroxyl groups is 1. The van der Waals surface area contributed by atoms with Crippen LogP contribution in [0.3, 0.4) is 0 Å². The van der Waals surface area contributed by atoms with Crippen LogP contribution in [0.25, 0.3) is 11.3 Å². The number of benzene rings is 1. The number of rotatable bonds is 5. The molecule has 1 N–H and O–H groups in total. The summed E-state index contributed by atoms with van der Waals surface area (Å²) < 4.78 is 7.21. The van der Waals surface area contributed by atoms with E-state index < -0.39 is 0 Å². The molecule has 0 unspecified atom stereocenters. The van der Waals surface area contributed by atoms with Gasteiger partial charge in [-0.1, -0.05) is 31.2 Å². The Hall–Kier alpha value is -1.88. The van der Waals surface area contributed by atoms with Crippen molar-refractivity contribution in [2.24, 2.45) is 5.92 Å². The molecule has 0 spiro atoms. The first-order chi connectivity index (χ1) is 9.17. The number of aromatic nitrogens is 3. The molecule has 0 aliphatic heterocycles. The van der Waals surface area contributed by atoms with Gasteiger partial charge in [-0.05, 0) is 18.1 Å². The van der Waals surface area contributed by atoms with Crippen LogP contribution in [0.5, 0.6) is 5.75 Å². The fourth-order valence-electron chi connectivity index (χ4n) is 2.06. The van der Waals surface area contributed by atoms with Crippen LogP contribution in [0.15, 0.2) is 24.3 Å². The van der Waals surface area contributed by atoms with Crippen molar-refractivity contribution < 1.29 is 9.84 Å². The van der Waals surface area contributed by atoms with E-state index in [9.17, 15) is 5.11 Å². The van der Waals surface area contributed by atoms with Gasteiger partial charge in [0.2, 0.25) is 0 Å². The molecule has 102 valence electrons. The monoisotopic (exact) mass is 261 g/mol. The van der Waals surface area contributed by atoms with Gasteiger partial charge in [0.25, 0.3) is 0 Å². The number of ether oxygens (including phenoxy) is 1. The minimum atomic E-state index is -0.133. The average Bonchev–Trinajstić information content (AvgIpc) is 2.80. The van der Waals surface area contributed by atoms with Crippen LogP contribution in [0, 0.1) is 5.92 Å². The third-order valence-corrected chi connectivity index (χ3v) is 2.85. The minimum absolute atomic E-state index is 0.133. The van der Waals surface area contributed by atoms with Gasteiger partial charge in [0.05, 0.1) is 19.4 Å². The van der Waals surface area contributed by atoms with Crippen molar-refractivity contribution >= 4 is 0 Å².